The van der Waals surface area contributed by atoms with Crippen molar-refractivity contribution in [3.63, 3.8) is 0 Å². The standard InChI is InChI=1S/C17H18Cl2N4O/c1-22-4-6-23(7-5-22)14-8-12(10-20-11-14)17(24)21-16-3-2-13(18)9-15(16)19/h2-3,8-11H,4-7H2,1H3,(H,21,24). The molecule has 3 rings (SSSR count). The summed E-state index contributed by atoms with van der Waals surface area (Å²) in [6, 6.07) is 6.82. The summed E-state index contributed by atoms with van der Waals surface area (Å²) in [6.45, 7) is 3.84. The van der Waals surface area contributed by atoms with Gasteiger partial charge in [-0.3, -0.25) is 9.78 Å². The highest BCUT2D eigenvalue weighted by molar-refractivity contribution is 6.36. The number of rotatable bonds is 3. The predicted molar refractivity (Wildman–Crippen MR) is 98.4 cm³/mol. The number of halogens is 2. The summed E-state index contributed by atoms with van der Waals surface area (Å²) >= 11 is 12.0. The molecule has 0 spiro atoms. The van der Waals surface area contributed by atoms with Crippen molar-refractivity contribution in [2.45, 2.75) is 0 Å². The number of amides is 1. The number of carbonyl (C=O) groups excluding carboxylic acids is 1. The quantitative estimate of drug-likeness (QED) is 0.906. The van der Waals surface area contributed by atoms with E-state index in [1.54, 1.807) is 30.6 Å². The van der Waals surface area contributed by atoms with E-state index >= 15 is 0 Å². The molecule has 1 saturated heterocycles. The van der Waals surface area contributed by atoms with Gasteiger partial charge in [-0.1, -0.05) is 23.2 Å². The predicted octanol–water partition coefficient (Wildman–Crippen LogP) is 3.39. The molecule has 2 aromatic rings. The summed E-state index contributed by atoms with van der Waals surface area (Å²) in [4.78, 5) is 21.2. The van der Waals surface area contributed by atoms with Crippen LogP contribution in [0, 0.1) is 0 Å². The van der Waals surface area contributed by atoms with E-state index in [4.69, 9.17) is 23.2 Å². The summed E-state index contributed by atoms with van der Waals surface area (Å²) in [5, 5.41) is 3.72. The van der Waals surface area contributed by atoms with Crippen molar-refractivity contribution in [2.75, 3.05) is 43.4 Å². The number of carbonyl (C=O) groups is 1. The molecule has 5 nitrogen and oxygen atoms in total. The fourth-order valence-electron chi connectivity index (χ4n) is 2.57. The fourth-order valence-corrected chi connectivity index (χ4v) is 3.03. The van der Waals surface area contributed by atoms with Crippen LogP contribution in [0.4, 0.5) is 11.4 Å². The lowest BCUT2D eigenvalue weighted by atomic mass is 10.2. The second kappa shape index (κ2) is 7.38. The Hall–Kier alpha value is -1.82. The summed E-state index contributed by atoms with van der Waals surface area (Å²) < 4.78 is 0. The van der Waals surface area contributed by atoms with Gasteiger partial charge in [0.15, 0.2) is 0 Å². The Bertz CT molecular complexity index is 745. The summed E-state index contributed by atoms with van der Waals surface area (Å²) in [6.07, 6.45) is 3.34. The number of benzene rings is 1. The lowest BCUT2D eigenvalue weighted by Crippen LogP contribution is -2.44. The van der Waals surface area contributed by atoms with Gasteiger partial charge >= 0.3 is 0 Å². The molecule has 0 aliphatic carbocycles. The van der Waals surface area contributed by atoms with Gasteiger partial charge in [0, 0.05) is 37.4 Å². The maximum Gasteiger partial charge on any atom is 0.257 e. The maximum absolute atomic E-state index is 12.5. The highest BCUT2D eigenvalue weighted by atomic mass is 35.5. The van der Waals surface area contributed by atoms with E-state index in [0.717, 1.165) is 31.9 Å². The molecule has 0 atom stereocenters. The second-order valence-corrected chi connectivity index (χ2v) is 6.64. The molecular formula is C17H18Cl2N4O. The Morgan fingerprint density at radius 3 is 2.58 bits per heavy atom. The molecule has 1 fully saturated rings. The molecule has 1 amide bonds. The third kappa shape index (κ3) is 3.98. The van der Waals surface area contributed by atoms with Gasteiger partial charge in [-0.05, 0) is 31.3 Å². The molecule has 2 heterocycles. The molecule has 0 bridgehead atoms. The van der Waals surface area contributed by atoms with E-state index in [2.05, 4.69) is 27.1 Å². The number of nitrogens with zero attached hydrogens (tertiary/aromatic N) is 3. The molecule has 1 aromatic carbocycles. The SMILES string of the molecule is CN1CCN(c2cncc(C(=O)Nc3ccc(Cl)cc3Cl)c2)CC1. The Kier molecular flexibility index (Phi) is 5.23. The first-order chi connectivity index (χ1) is 11.5. The molecule has 0 saturated carbocycles. The number of hydrogen-bond acceptors (Lipinski definition) is 4. The van der Waals surface area contributed by atoms with Crippen LogP contribution in [0.5, 0.6) is 0 Å². The Balaban J connectivity index is 1.74. The molecule has 24 heavy (non-hydrogen) atoms. The van der Waals surface area contributed by atoms with Crippen LogP contribution < -0.4 is 10.2 Å². The van der Waals surface area contributed by atoms with E-state index in [1.807, 2.05) is 6.07 Å². The summed E-state index contributed by atoms with van der Waals surface area (Å²) in [7, 11) is 2.11. The monoisotopic (exact) mass is 364 g/mol. The number of likely N-dealkylation sites (N-methyl/N-ethyl adjacent to an activating group) is 1. The van der Waals surface area contributed by atoms with Gasteiger partial charge in [0.2, 0.25) is 0 Å². The number of piperazine rings is 1. The van der Waals surface area contributed by atoms with E-state index in [0.29, 0.717) is 21.3 Å². The first-order valence-electron chi connectivity index (χ1n) is 7.68. The molecule has 7 heteroatoms. The summed E-state index contributed by atoms with van der Waals surface area (Å²) in [5.74, 6) is -0.248. The molecule has 1 aliphatic rings. The topological polar surface area (TPSA) is 48.5 Å². The third-order valence-corrected chi connectivity index (χ3v) is 4.58. The fraction of sp³-hybridized carbons (Fsp3) is 0.294. The molecule has 1 aromatic heterocycles. The van der Waals surface area contributed by atoms with Crippen LogP contribution in [-0.4, -0.2) is 49.0 Å². The van der Waals surface area contributed by atoms with E-state index < -0.39 is 0 Å². The van der Waals surface area contributed by atoms with Gasteiger partial charge in [0.25, 0.3) is 5.91 Å². The van der Waals surface area contributed by atoms with E-state index in [1.165, 1.54) is 0 Å². The first kappa shape index (κ1) is 17.0. The Morgan fingerprint density at radius 1 is 1.12 bits per heavy atom. The zero-order valence-corrected chi connectivity index (χ0v) is 14.8. The molecular weight excluding hydrogens is 347 g/mol. The normalized spacial score (nSPS) is 15.4. The van der Waals surface area contributed by atoms with Crippen LogP contribution in [-0.2, 0) is 0 Å². The average molecular weight is 365 g/mol. The number of nitrogens with one attached hydrogen (secondary N) is 1. The Morgan fingerprint density at radius 2 is 1.88 bits per heavy atom. The van der Waals surface area contributed by atoms with Gasteiger partial charge in [-0.15, -0.1) is 0 Å². The second-order valence-electron chi connectivity index (χ2n) is 5.80. The van der Waals surface area contributed by atoms with Crippen molar-refractivity contribution in [3.05, 3.63) is 52.3 Å². The van der Waals surface area contributed by atoms with Crippen molar-refractivity contribution >= 4 is 40.5 Å². The van der Waals surface area contributed by atoms with Crippen LogP contribution in [0.2, 0.25) is 10.0 Å². The van der Waals surface area contributed by atoms with Crippen molar-refractivity contribution in [1.82, 2.24) is 9.88 Å². The van der Waals surface area contributed by atoms with Crippen LogP contribution in [0.25, 0.3) is 0 Å². The van der Waals surface area contributed by atoms with Crippen molar-refractivity contribution in [1.29, 1.82) is 0 Å². The molecule has 0 unspecified atom stereocenters. The molecule has 0 radical (unpaired) electrons. The number of hydrogen-bond donors (Lipinski definition) is 1. The zero-order valence-electron chi connectivity index (χ0n) is 13.3. The van der Waals surface area contributed by atoms with Gasteiger partial charge < -0.3 is 15.1 Å². The lowest BCUT2D eigenvalue weighted by molar-refractivity contribution is 0.102. The first-order valence-corrected chi connectivity index (χ1v) is 8.43. The van der Waals surface area contributed by atoms with Crippen LogP contribution >= 0.6 is 23.2 Å². The van der Waals surface area contributed by atoms with Crippen LogP contribution in [0.15, 0.2) is 36.7 Å². The minimum absolute atomic E-state index is 0.248. The highest BCUT2D eigenvalue weighted by Crippen LogP contribution is 2.26. The van der Waals surface area contributed by atoms with Gasteiger partial charge in [0.1, 0.15) is 0 Å². The average Bonchev–Trinajstić information content (AvgIpc) is 2.58. The minimum Gasteiger partial charge on any atom is -0.368 e. The zero-order chi connectivity index (χ0) is 17.1. The van der Waals surface area contributed by atoms with Crippen LogP contribution in [0.3, 0.4) is 0 Å². The van der Waals surface area contributed by atoms with E-state index in [-0.39, 0.29) is 5.91 Å². The number of aromatic nitrogens is 1. The number of pyridine rings is 1. The van der Waals surface area contributed by atoms with Crippen molar-refractivity contribution in [3.8, 4) is 0 Å². The molecule has 1 N–H and O–H groups in total. The van der Waals surface area contributed by atoms with Crippen molar-refractivity contribution < 1.29 is 4.79 Å². The molecule has 126 valence electrons. The van der Waals surface area contributed by atoms with Crippen molar-refractivity contribution in [2.24, 2.45) is 0 Å². The highest BCUT2D eigenvalue weighted by Gasteiger charge is 2.16. The maximum atomic E-state index is 12.5. The number of anilines is 2. The van der Waals surface area contributed by atoms with E-state index in [9.17, 15) is 4.79 Å². The van der Waals surface area contributed by atoms with Gasteiger partial charge in [-0.25, -0.2) is 0 Å². The minimum atomic E-state index is -0.248. The largest absolute Gasteiger partial charge is 0.368 e. The van der Waals surface area contributed by atoms with Crippen LogP contribution in [0.1, 0.15) is 10.4 Å². The lowest BCUT2D eigenvalue weighted by Gasteiger charge is -2.33. The summed E-state index contributed by atoms with van der Waals surface area (Å²) in [5.41, 5.74) is 1.98. The smallest absolute Gasteiger partial charge is 0.257 e. The Labute approximate surface area is 151 Å². The molecule has 1 aliphatic heterocycles. The van der Waals surface area contributed by atoms with Gasteiger partial charge in [-0.2, -0.15) is 0 Å². The third-order valence-electron chi connectivity index (χ3n) is 4.03. The van der Waals surface area contributed by atoms with Gasteiger partial charge in [0.05, 0.1) is 28.2 Å².